The molecule has 3 aromatic rings. The Morgan fingerprint density at radius 2 is 2.25 bits per heavy atom. The molecule has 0 saturated carbocycles. The summed E-state index contributed by atoms with van der Waals surface area (Å²) in [5, 5.41) is 8.58. The molecule has 0 spiro atoms. The van der Waals surface area contributed by atoms with Gasteiger partial charge in [-0.2, -0.15) is 0 Å². The molecular weight excluding hydrogens is 276 g/mol. The van der Waals surface area contributed by atoms with Crippen LogP contribution < -0.4 is 11.4 Å². The molecule has 1 aromatic carbocycles. The highest BCUT2D eigenvalue weighted by Crippen LogP contribution is 2.30. The summed E-state index contributed by atoms with van der Waals surface area (Å²) in [6.45, 7) is 2.43. The summed E-state index contributed by atoms with van der Waals surface area (Å²) in [7, 11) is 0. The fourth-order valence-electron chi connectivity index (χ4n) is 1.88. The lowest BCUT2D eigenvalue weighted by Gasteiger charge is -2.05. The summed E-state index contributed by atoms with van der Waals surface area (Å²) in [4.78, 5) is 20.0. The Balaban J connectivity index is 2.10. The second-order valence-electron chi connectivity index (χ2n) is 4.11. The number of benzene rings is 1. The minimum atomic E-state index is -0.229. The van der Waals surface area contributed by atoms with Crippen molar-refractivity contribution >= 4 is 28.4 Å². The number of hydrogen-bond acceptors (Lipinski definition) is 6. The Hall–Kier alpha value is -2.35. The number of H-pyrrole nitrogens is 1. The average molecular weight is 288 g/mol. The first-order chi connectivity index (χ1) is 9.69. The molecule has 3 rings (SSSR count). The third kappa shape index (κ3) is 2.14. The standard InChI is InChI=1S/C12H12N6OS/c1-2-18-11(19)16-17-12(18)20-10-8-5-7(13)3-4-9(8)14-6-15-10/h3-6H,2,13H2,1H3,(H,16,19). The second-order valence-corrected chi connectivity index (χ2v) is 5.07. The van der Waals surface area contributed by atoms with Gasteiger partial charge in [-0.1, -0.05) is 0 Å². The molecule has 3 N–H and O–H groups in total. The zero-order valence-electron chi connectivity index (χ0n) is 10.7. The number of nitrogens with two attached hydrogens (primary N) is 1. The minimum Gasteiger partial charge on any atom is -0.399 e. The van der Waals surface area contributed by atoms with E-state index in [1.807, 2.05) is 19.1 Å². The Labute approximate surface area is 118 Å². The monoisotopic (exact) mass is 288 g/mol. The zero-order chi connectivity index (χ0) is 14.1. The van der Waals surface area contributed by atoms with Gasteiger partial charge in [0.2, 0.25) is 0 Å². The lowest BCUT2D eigenvalue weighted by molar-refractivity contribution is 0.660. The maximum Gasteiger partial charge on any atom is 0.343 e. The minimum absolute atomic E-state index is 0.229. The van der Waals surface area contributed by atoms with Gasteiger partial charge in [0.1, 0.15) is 11.4 Å². The van der Waals surface area contributed by atoms with Crippen LogP contribution >= 0.6 is 11.8 Å². The van der Waals surface area contributed by atoms with Crippen LogP contribution in [0.1, 0.15) is 6.92 Å². The number of aromatic nitrogens is 5. The molecule has 0 aliphatic rings. The predicted molar refractivity (Wildman–Crippen MR) is 76.6 cm³/mol. The SMILES string of the molecule is CCn1c(Sc2ncnc3ccc(N)cc23)n[nH]c1=O. The van der Waals surface area contributed by atoms with Gasteiger partial charge in [-0.05, 0) is 36.9 Å². The lowest BCUT2D eigenvalue weighted by Crippen LogP contribution is -2.16. The van der Waals surface area contributed by atoms with Gasteiger partial charge in [0.15, 0.2) is 5.16 Å². The van der Waals surface area contributed by atoms with Crippen molar-refractivity contribution in [3.63, 3.8) is 0 Å². The van der Waals surface area contributed by atoms with E-state index < -0.39 is 0 Å². The van der Waals surface area contributed by atoms with Gasteiger partial charge in [-0.25, -0.2) is 19.9 Å². The van der Waals surface area contributed by atoms with Crippen LogP contribution in [0.15, 0.2) is 39.5 Å². The molecule has 0 radical (unpaired) electrons. The van der Waals surface area contributed by atoms with Gasteiger partial charge in [0.05, 0.1) is 5.52 Å². The molecule has 2 heterocycles. The predicted octanol–water partition coefficient (Wildman–Crippen LogP) is 1.27. The number of nitrogens with one attached hydrogen (secondary N) is 1. The first kappa shape index (κ1) is 12.7. The molecule has 0 bridgehead atoms. The summed E-state index contributed by atoms with van der Waals surface area (Å²) >= 11 is 1.31. The molecule has 0 unspecified atom stereocenters. The van der Waals surface area contributed by atoms with Crippen LogP contribution in [-0.2, 0) is 6.54 Å². The summed E-state index contributed by atoms with van der Waals surface area (Å²) < 4.78 is 1.55. The van der Waals surface area contributed by atoms with Crippen molar-refractivity contribution in [3.05, 3.63) is 35.0 Å². The molecule has 0 atom stereocenters. The van der Waals surface area contributed by atoms with Crippen molar-refractivity contribution in [2.45, 2.75) is 23.7 Å². The highest BCUT2D eigenvalue weighted by molar-refractivity contribution is 7.99. The van der Waals surface area contributed by atoms with Gasteiger partial charge in [0.25, 0.3) is 0 Å². The largest absolute Gasteiger partial charge is 0.399 e. The summed E-state index contributed by atoms with van der Waals surface area (Å²) in [5.41, 5.74) is 7.02. The zero-order valence-corrected chi connectivity index (χ0v) is 11.5. The number of rotatable bonds is 3. The Kier molecular flexibility index (Phi) is 3.15. The van der Waals surface area contributed by atoms with Gasteiger partial charge in [-0.3, -0.25) is 4.57 Å². The first-order valence-corrected chi connectivity index (χ1v) is 6.84. The van der Waals surface area contributed by atoms with Crippen molar-refractivity contribution in [1.29, 1.82) is 0 Å². The average Bonchev–Trinajstić information content (AvgIpc) is 2.80. The number of nitrogen functional groups attached to an aromatic ring is 1. The van der Waals surface area contributed by atoms with Crippen LogP contribution in [0.5, 0.6) is 0 Å². The highest BCUT2D eigenvalue weighted by Gasteiger charge is 2.12. The van der Waals surface area contributed by atoms with Gasteiger partial charge < -0.3 is 5.73 Å². The van der Waals surface area contributed by atoms with Gasteiger partial charge >= 0.3 is 5.69 Å². The van der Waals surface area contributed by atoms with Crippen LogP contribution in [-0.4, -0.2) is 24.7 Å². The number of fused-ring (bicyclic) bond motifs is 1. The quantitative estimate of drug-likeness (QED) is 0.555. The number of nitrogens with zero attached hydrogens (tertiary/aromatic N) is 4. The molecule has 0 saturated heterocycles. The summed E-state index contributed by atoms with van der Waals surface area (Å²) in [6, 6.07) is 5.45. The normalized spacial score (nSPS) is 11.1. The molecule has 7 nitrogen and oxygen atoms in total. The maximum absolute atomic E-state index is 11.6. The van der Waals surface area contributed by atoms with Crippen LogP contribution in [0.2, 0.25) is 0 Å². The van der Waals surface area contributed by atoms with E-state index in [-0.39, 0.29) is 5.69 Å². The Bertz CT molecular complexity index is 824. The molecular formula is C12H12N6OS. The van der Waals surface area contributed by atoms with Crippen LogP contribution in [0.25, 0.3) is 10.9 Å². The number of anilines is 1. The third-order valence-electron chi connectivity index (χ3n) is 2.85. The van der Waals surface area contributed by atoms with E-state index >= 15 is 0 Å². The number of aromatic amines is 1. The smallest absolute Gasteiger partial charge is 0.343 e. The van der Waals surface area contributed by atoms with E-state index in [1.54, 1.807) is 10.6 Å². The van der Waals surface area contributed by atoms with E-state index in [0.717, 1.165) is 15.9 Å². The number of hydrogen-bond donors (Lipinski definition) is 2. The molecule has 0 fully saturated rings. The third-order valence-corrected chi connectivity index (χ3v) is 3.86. The van der Waals surface area contributed by atoms with Gasteiger partial charge in [0, 0.05) is 17.6 Å². The molecule has 0 aliphatic carbocycles. The van der Waals surface area contributed by atoms with Crippen molar-refractivity contribution in [2.75, 3.05) is 5.73 Å². The Morgan fingerprint density at radius 1 is 1.40 bits per heavy atom. The molecule has 20 heavy (non-hydrogen) atoms. The van der Waals surface area contributed by atoms with Gasteiger partial charge in [-0.15, -0.1) is 5.10 Å². The lowest BCUT2D eigenvalue weighted by atomic mass is 10.2. The van der Waals surface area contributed by atoms with E-state index in [1.165, 1.54) is 18.1 Å². The van der Waals surface area contributed by atoms with Crippen molar-refractivity contribution in [2.24, 2.45) is 0 Å². The molecule has 102 valence electrons. The van der Waals surface area contributed by atoms with E-state index in [9.17, 15) is 4.79 Å². The molecule has 8 heteroatoms. The second kappa shape index (κ2) is 4.97. The van der Waals surface area contributed by atoms with E-state index in [2.05, 4.69) is 20.2 Å². The molecule has 0 aliphatic heterocycles. The Morgan fingerprint density at radius 3 is 3.05 bits per heavy atom. The van der Waals surface area contributed by atoms with Crippen molar-refractivity contribution in [3.8, 4) is 0 Å². The highest BCUT2D eigenvalue weighted by atomic mass is 32.2. The first-order valence-electron chi connectivity index (χ1n) is 6.02. The summed E-state index contributed by atoms with van der Waals surface area (Å²) in [5.74, 6) is 0. The van der Waals surface area contributed by atoms with Crippen LogP contribution in [0, 0.1) is 0 Å². The van der Waals surface area contributed by atoms with Crippen molar-refractivity contribution in [1.82, 2.24) is 24.7 Å². The van der Waals surface area contributed by atoms with Crippen molar-refractivity contribution < 1.29 is 0 Å². The fourth-order valence-corrected chi connectivity index (χ4v) is 2.84. The fraction of sp³-hybridized carbons (Fsp3) is 0.167. The summed E-state index contributed by atoms with van der Waals surface area (Å²) in [6.07, 6.45) is 1.49. The van der Waals surface area contributed by atoms with Crippen LogP contribution in [0.3, 0.4) is 0 Å². The van der Waals surface area contributed by atoms with E-state index in [0.29, 0.717) is 17.4 Å². The molecule has 2 aromatic heterocycles. The maximum atomic E-state index is 11.6. The molecule has 0 amide bonds. The van der Waals surface area contributed by atoms with Crippen LogP contribution in [0.4, 0.5) is 5.69 Å². The topological polar surface area (TPSA) is 102 Å². The van der Waals surface area contributed by atoms with E-state index in [4.69, 9.17) is 5.73 Å².